The minimum Gasteiger partial charge on any atom is -0.508 e. The number of amides is 7. The minimum absolute atomic E-state index is 0.0509. The number of rotatable bonds is 11. The van der Waals surface area contributed by atoms with Gasteiger partial charge in [0.2, 0.25) is 47.1 Å². The molecule has 7 amide bonds. The highest BCUT2D eigenvalue weighted by molar-refractivity contribution is 6.32. The van der Waals surface area contributed by atoms with Crippen LogP contribution in [0, 0.1) is 0 Å². The quantitative estimate of drug-likeness (QED) is 0.0583. The summed E-state index contributed by atoms with van der Waals surface area (Å²) < 4.78 is 29.5. The van der Waals surface area contributed by atoms with Crippen LogP contribution in [-0.2, 0) is 49.5 Å². The van der Waals surface area contributed by atoms with E-state index in [1.54, 1.807) is 0 Å². The molecule has 506 valence electrons. The van der Waals surface area contributed by atoms with E-state index in [0.717, 1.165) is 48.5 Å². The number of carbonyl (C=O) groups is 7. The number of nitrogens with zero attached hydrogens (tertiary/aromatic N) is 1. The van der Waals surface area contributed by atoms with E-state index >= 15 is 24.0 Å². The van der Waals surface area contributed by atoms with Gasteiger partial charge in [0, 0.05) is 43.3 Å². The molecule has 0 radical (unpaired) electrons. The number of methoxy groups -OCH3 is 1. The number of phenolic OH excluding ortho intramolecular Hbond substituents is 6. The maximum absolute atomic E-state index is 16.0. The lowest BCUT2D eigenvalue weighted by molar-refractivity contribution is -0.137. The largest absolute Gasteiger partial charge is 0.508 e. The van der Waals surface area contributed by atoms with Crippen molar-refractivity contribution in [2.45, 2.75) is 61.2 Å². The third kappa shape index (κ3) is 14.9. The van der Waals surface area contributed by atoms with Crippen molar-refractivity contribution in [3.8, 4) is 80.1 Å². The maximum atomic E-state index is 16.0. The molecule has 8 atom stereocenters. The van der Waals surface area contributed by atoms with Crippen LogP contribution in [0.4, 0.5) is 0 Å². The Labute approximate surface area is 562 Å². The van der Waals surface area contributed by atoms with E-state index in [1.165, 1.54) is 73.8 Å². The van der Waals surface area contributed by atoms with Crippen LogP contribution in [0.1, 0.15) is 81.7 Å². The second-order valence-corrected chi connectivity index (χ2v) is 24.2. The summed E-state index contributed by atoms with van der Waals surface area (Å²) in [7, 11) is 5.10. The van der Waals surface area contributed by atoms with Gasteiger partial charge in [0.05, 0.1) is 30.0 Å². The molecule has 0 fully saturated rings. The third-order valence-electron chi connectivity index (χ3n) is 16.3. The van der Waals surface area contributed by atoms with Gasteiger partial charge in [-0.25, -0.2) is 0 Å². The normalized spacial score (nSPS) is 20.8. The first-order valence-corrected chi connectivity index (χ1v) is 30.9. The van der Waals surface area contributed by atoms with Crippen molar-refractivity contribution in [3.05, 3.63) is 164 Å². The minimum atomic E-state index is -2.17. The van der Waals surface area contributed by atoms with Crippen LogP contribution in [0.5, 0.6) is 69.0 Å². The molecule has 15 N–H and O–H groups in total. The summed E-state index contributed by atoms with van der Waals surface area (Å²) in [6.07, 6.45) is -2.01. The number of carbonyl (C=O) groups excluding carboxylic acids is 7. The Balaban J connectivity index is 1.10. The SMILES string of the molecule is COCCOCN[C@@H]1C(=O)N[C@@H]2Cc3ccc(c(Cl)c3)Oc3cc4cc(c3O)Oc3ccc(cc3Cl)[C@@H](O)[C@@H]3NC(=O)[C@H](NC(=O)[C@@H]4NC(=O)[C@@H](NC2=O)c2cc(O)cc(c2)Oc2cc1ccc2O)c1ccc(O)c(c1)-c1c(O)cc(O)cc1[C@H](C(=O)NCCCN(C)C)NC3=O. The van der Waals surface area contributed by atoms with Crippen molar-refractivity contribution >= 4 is 64.6 Å². The zero-order valence-corrected chi connectivity index (χ0v) is 53.3. The molecule has 6 aliphatic heterocycles. The number of phenols is 6. The summed E-state index contributed by atoms with van der Waals surface area (Å²) in [4.78, 5) is 109. The second kappa shape index (κ2) is 28.8. The van der Waals surface area contributed by atoms with Gasteiger partial charge >= 0.3 is 0 Å². The molecule has 0 unspecified atom stereocenters. The van der Waals surface area contributed by atoms with Crippen molar-refractivity contribution in [3.63, 3.8) is 0 Å². The molecule has 30 heteroatoms. The van der Waals surface area contributed by atoms with Gasteiger partial charge in [-0.2, -0.15) is 0 Å². The zero-order chi connectivity index (χ0) is 69.1. The van der Waals surface area contributed by atoms with Crippen LogP contribution in [0.2, 0.25) is 10.0 Å². The fraction of sp³-hybridized carbons (Fsp3) is 0.269. The lowest BCUT2D eigenvalue weighted by Gasteiger charge is -2.31. The number of aromatic hydroxyl groups is 6. The summed E-state index contributed by atoms with van der Waals surface area (Å²) >= 11 is 13.9. The van der Waals surface area contributed by atoms with Crippen LogP contribution in [0.15, 0.2) is 115 Å². The average Bonchev–Trinajstić information content (AvgIpc) is 0.793. The standard InChI is InChI=1S/C67H65Cl2N9O19/c1-78(2)14-4-13-70-62(87)57-40-27-37(80)28-46(83)52(40)39-21-31(6-9-44(39)81)54-64(89)77-58(67(92)76-57)59(84)33-8-12-48(42(69)22-33)97-51-25-35-24-50(60(51)85)96-47-11-5-30(17-41(47)68)18-43-61(86)73-55(65(90)75-56(35)66(91)74-54)34-19-36(79)26-38(20-34)95-49-23-32(7-10-45(49)82)53(63(88)72-43)71-29-94-16-15-93-3/h5-12,17,19-28,43,53-59,71,79-85H,4,13-16,18,29H2,1-3H3,(H,70,87)(H,72,88)(H,73,86)(H,74,91)(H,75,90)(H,76,92)(H,77,89)/t43-,53+,54-,55+,56-,57-,58+,59-/m1/s1. The number of hydrogen-bond acceptors (Lipinski definition) is 21. The molecule has 0 aliphatic carbocycles. The van der Waals surface area contributed by atoms with Crippen LogP contribution in [-0.4, -0.2) is 148 Å². The zero-order valence-electron chi connectivity index (χ0n) is 51.8. The summed E-state index contributed by atoms with van der Waals surface area (Å²) in [5.74, 6) is -13.3. The first-order chi connectivity index (χ1) is 46.4. The Bertz CT molecular complexity index is 4290. The molecule has 7 aromatic rings. The smallest absolute Gasteiger partial charge is 0.248 e. The number of ether oxygens (including phenoxy) is 5. The summed E-state index contributed by atoms with van der Waals surface area (Å²) in [6.45, 7) is 0.647. The molecule has 17 bridgehead atoms. The molecule has 0 saturated carbocycles. The number of aliphatic hydroxyl groups excluding tert-OH is 1. The predicted molar refractivity (Wildman–Crippen MR) is 345 cm³/mol. The molecule has 97 heavy (non-hydrogen) atoms. The number of halogens is 2. The first-order valence-electron chi connectivity index (χ1n) is 30.2. The van der Waals surface area contributed by atoms with E-state index < -0.39 is 136 Å². The van der Waals surface area contributed by atoms with Crippen LogP contribution < -0.4 is 56.7 Å². The monoisotopic (exact) mass is 1370 g/mol. The van der Waals surface area contributed by atoms with Crippen molar-refractivity contribution in [1.29, 1.82) is 0 Å². The van der Waals surface area contributed by atoms with E-state index in [9.17, 15) is 45.3 Å². The molecule has 0 aromatic heterocycles. The highest BCUT2D eigenvalue weighted by atomic mass is 35.5. The van der Waals surface area contributed by atoms with E-state index in [-0.39, 0.29) is 110 Å². The molecule has 28 nitrogen and oxygen atoms in total. The highest BCUT2D eigenvalue weighted by Crippen LogP contribution is 2.48. The molecule has 6 aliphatic rings. The van der Waals surface area contributed by atoms with E-state index in [4.69, 9.17) is 46.9 Å². The summed E-state index contributed by atoms with van der Waals surface area (Å²) in [5, 5.41) is 103. The lowest BCUT2D eigenvalue weighted by Crippen LogP contribution is -2.56. The maximum Gasteiger partial charge on any atom is 0.248 e. The van der Waals surface area contributed by atoms with Crippen LogP contribution in [0.3, 0.4) is 0 Å². The summed E-state index contributed by atoms with van der Waals surface area (Å²) in [6, 6.07) is 9.77. The summed E-state index contributed by atoms with van der Waals surface area (Å²) in [5.41, 5.74) is -1.35. The molecule has 7 aromatic carbocycles. The highest BCUT2D eigenvalue weighted by Gasteiger charge is 2.41. The Morgan fingerprint density at radius 1 is 0.577 bits per heavy atom. The average molecular weight is 1370 g/mol. The Kier molecular flexibility index (Phi) is 20.1. The fourth-order valence-corrected chi connectivity index (χ4v) is 12.0. The molecule has 13 rings (SSSR count). The first kappa shape index (κ1) is 67.8. The van der Waals surface area contributed by atoms with Crippen molar-refractivity contribution in [1.82, 2.24) is 47.4 Å². The number of hydrogen-bond donors (Lipinski definition) is 15. The molecule has 0 spiro atoms. The Morgan fingerprint density at radius 2 is 1.20 bits per heavy atom. The van der Waals surface area contributed by atoms with E-state index in [2.05, 4.69) is 42.5 Å². The van der Waals surface area contributed by atoms with Gasteiger partial charge < -0.3 is 102 Å². The molecular weight excluding hydrogens is 1310 g/mol. The Morgan fingerprint density at radius 3 is 1.89 bits per heavy atom. The van der Waals surface area contributed by atoms with Gasteiger partial charge in [0.1, 0.15) is 88.6 Å². The number of nitrogens with one attached hydrogen (secondary N) is 8. The number of fused-ring (bicyclic) bond motifs is 14. The number of aliphatic hydroxyl groups is 1. The molecule has 6 heterocycles. The topological polar surface area (TPSA) is 407 Å². The van der Waals surface area contributed by atoms with E-state index in [1.807, 2.05) is 19.0 Å². The van der Waals surface area contributed by atoms with Gasteiger partial charge in [0.15, 0.2) is 23.0 Å². The van der Waals surface area contributed by atoms with Gasteiger partial charge in [-0.3, -0.25) is 38.9 Å². The van der Waals surface area contributed by atoms with Crippen molar-refractivity contribution in [2.75, 3.05) is 54.2 Å². The fourth-order valence-electron chi connectivity index (χ4n) is 11.5. The van der Waals surface area contributed by atoms with Gasteiger partial charge in [-0.15, -0.1) is 0 Å². The van der Waals surface area contributed by atoms with Crippen molar-refractivity contribution in [2.24, 2.45) is 0 Å². The van der Waals surface area contributed by atoms with Crippen LogP contribution in [0.25, 0.3) is 11.1 Å². The second-order valence-electron chi connectivity index (χ2n) is 23.4. The van der Waals surface area contributed by atoms with Gasteiger partial charge in [0.25, 0.3) is 0 Å². The molecular formula is C67H65Cl2N9O19. The van der Waals surface area contributed by atoms with E-state index in [0.29, 0.717) is 18.5 Å². The van der Waals surface area contributed by atoms with Crippen LogP contribution >= 0.6 is 23.2 Å². The molecule has 0 saturated heterocycles. The van der Waals surface area contributed by atoms with Gasteiger partial charge in [-0.1, -0.05) is 47.5 Å². The van der Waals surface area contributed by atoms with Gasteiger partial charge in [-0.05, 0) is 145 Å². The predicted octanol–water partition coefficient (Wildman–Crippen LogP) is 5.22. The van der Waals surface area contributed by atoms with Crippen molar-refractivity contribution < 1.29 is 93.0 Å². The third-order valence-corrected chi connectivity index (χ3v) is 16.9. The Hall–Kier alpha value is -10.6. The number of benzene rings is 7. The lowest BCUT2D eigenvalue weighted by atomic mass is 9.89.